The van der Waals surface area contributed by atoms with Gasteiger partial charge in [-0.2, -0.15) is 5.10 Å². The summed E-state index contributed by atoms with van der Waals surface area (Å²) in [6, 6.07) is 11.5. The number of carbonyl (C=O) groups is 2. The number of carbonyl (C=O) groups excluding carboxylic acids is 2. The summed E-state index contributed by atoms with van der Waals surface area (Å²) in [6.07, 6.45) is 9.48. The molecule has 4 aromatic rings. The van der Waals surface area contributed by atoms with Gasteiger partial charge < -0.3 is 20.3 Å². The van der Waals surface area contributed by atoms with Crippen LogP contribution < -0.4 is 15.5 Å². The van der Waals surface area contributed by atoms with E-state index < -0.39 is 0 Å². The molecule has 3 N–H and O–H groups in total. The summed E-state index contributed by atoms with van der Waals surface area (Å²) in [5, 5.41) is 13.8. The van der Waals surface area contributed by atoms with Crippen LogP contribution in [0.25, 0.3) is 22.0 Å². The van der Waals surface area contributed by atoms with E-state index in [1.807, 2.05) is 30.6 Å². The molecule has 2 amide bonds. The third-order valence-electron chi connectivity index (χ3n) is 7.16. The molecular weight excluding hydrogens is 482 g/mol. The molecule has 1 aliphatic carbocycles. The SMILES string of the molecule is O=C(NC1CCCC1)c1ccc(NC(=O)c2n[nH]c3ccc(-c4cncc(N5CCOCC5)c4)cc23)cn1. The summed E-state index contributed by atoms with van der Waals surface area (Å²) < 4.78 is 5.46. The predicted molar refractivity (Wildman–Crippen MR) is 144 cm³/mol. The van der Waals surface area contributed by atoms with Gasteiger partial charge in [-0.05, 0) is 48.7 Å². The molecule has 10 heteroatoms. The van der Waals surface area contributed by atoms with Crippen LogP contribution in [-0.4, -0.2) is 64.3 Å². The Hall–Kier alpha value is -4.31. The van der Waals surface area contributed by atoms with Crippen LogP contribution in [0, 0.1) is 0 Å². The van der Waals surface area contributed by atoms with Crippen molar-refractivity contribution >= 4 is 34.1 Å². The maximum Gasteiger partial charge on any atom is 0.276 e. The van der Waals surface area contributed by atoms with Crippen LogP contribution in [0.15, 0.2) is 55.0 Å². The number of pyridine rings is 2. The minimum atomic E-state index is -0.362. The summed E-state index contributed by atoms with van der Waals surface area (Å²) in [4.78, 5) is 36.5. The largest absolute Gasteiger partial charge is 0.378 e. The van der Waals surface area contributed by atoms with Crippen LogP contribution in [0.1, 0.15) is 46.7 Å². The van der Waals surface area contributed by atoms with Crippen LogP contribution in [0.3, 0.4) is 0 Å². The topological polar surface area (TPSA) is 125 Å². The van der Waals surface area contributed by atoms with E-state index in [2.05, 4.69) is 41.8 Å². The fourth-order valence-electron chi connectivity index (χ4n) is 5.07. The lowest BCUT2D eigenvalue weighted by Crippen LogP contribution is -2.36. The molecule has 0 atom stereocenters. The Labute approximate surface area is 219 Å². The van der Waals surface area contributed by atoms with Gasteiger partial charge in [0.25, 0.3) is 11.8 Å². The molecule has 1 aromatic carbocycles. The maximum absolute atomic E-state index is 13.1. The molecule has 38 heavy (non-hydrogen) atoms. The molecule has 1 saturated heterocycles. The highest BCUT2D eigenvalue weighted by molar-refractivity contribution is 6.11. The van der Waals surface area contributed by atoms with Gasteiger partial charge in [-0.15, -0.1) is 0 Å². The van der Waals surface area contributed by atoms with Gasteiger partial charge >= 0.3 is 0 Å². The number of nitrogens with one attached hydrogen (secondary N) is 3. The first-order chi connectivity index (χ1) is 18.6. The summed E-state index contributed by atoms with van der Waals surface area (Å²) in [5.74, 6) is -0.550. The highest BCUT2D eigenvalue weighted by Crippen LogP contribution is 2.28. The molecule has 1 saturated carbocycles. The lowest BCUT2D eigenvalue weighted by atomic mass is 10.0. The zero-order chi connectivity index (χ0) is 25.9. The average molecular weight is 512 g/mol. The number of hydrogen-bond donors (Lipinski definition) is 3. The quantitative estimate of drug-likeness (QED) is 0.360. The number of fused-ring (bicyclic) bond motifs is 1. The third-order valence-corrected chi connectivity index (χ3v) is 7.16. The number of hydrogen-bond acceptors (Lipinski definition) is 7. The summed E-state index contributed by atoms with van der Waals surface area (Å²) >= 11 is 0. The fraction of sp³-hybridized carbons (Fsp3) is 0.321. The van der Waals surface area contributed by atoms with Crippen LogP contribution in [0.2, 0.25) is 0 Å². The number of H-pyrrole nitrogens is 1. The summed E-state index contributed by atoms with van der Waals surface area (Å²) in [6.45, 7) is 3.07. The number of rotatable bonds is 6. The second kappa shape index (κ2) is 10.6. The Morgan fingerprint density at radius 3 is 2.58 bits per heavy atom. The third kappa shape index (κ3) is 5.08. The van der Waals surface area contributed by atoms with Crippen molar-refractivity contribution in [1.82, 2.24) is 25.5 Å². The van der Waals surface area contributed by atoms with Gasteiger partial charge in [-0.3, -0.25) is 19.7 Å². The van der Waals surface area contributed by atoms with Crippen LogP contribution in [0.5, 0.6) is 0 Å². The van der Waals surface area contributed by atoms with Gasteiger partial charge in [0, 0.05) is 36.3 Å². The molecular formula is C28H29N7O3. The molecule has 0 unspecified atom stereocenters. The van der Waals surface area contributed by atoms with Crippen LogP contribution in [0.4, 0.5) is 11.4 Å². The highest BCUT2D eigenvalue weighted by Gasteiger charge is 2.20. The number of aromatic nitrogens is 4. The lowest BCUT2D eigenvalue weighted by molar-refractivity contribution is 0.0932. The van der Waals surface area contributed by atoms with E-state index in [-0.39, 0.29) is 23.6 Å². The van der Waals surface area contributed by atoms with Crippen LogP contribution in [-0.2, 0) is 4.74 Å². The smallest absolute Gasteiger partial charge is 0.276 e. The Bertz CT molecular complexity index is 1460. The molecule has 194 valence electrons. The fourth-order valence-corrected chi connectivity index (χ4v) is 5.07. The average Bonchev–Trinajstić information content (AvgIpc) is 3.63. The van der Waals surface area contributed by atoms with Gasteiger partial charge in [-0.25, -0.2) is 4.98 Å². The molecule has 0 radical (unpaired) electrons. The first-order valence-electron chi connectivity index (χ1n) is 13.0. The maximum atomic E-state index is 13.1. The molecule has 3 aromatic heterocycles. The Morgan fingerprint density at radius 2 is 1.79 bits per heavy atom. The second-order valence-corrected chi connectivity index (χ2v) is 9.70. The van der Waals surface area contributed by atoms with Gasteiger partial charge in [0.2, 0.25) is 0 Å². The van der Waals surface area contributed by atoms with E-state index in [9.17, 15) is 9.59 Å². The lowest BCUT2D eigenvalue weighted by Gasteiger charge is -2.28. The van der Waals surface area contributed by atoms with Crippen molar-refractivity contribution in [3.8, 4) is 11.1 Å². The van der Waals surface area contributed by atoms with E-state index in [0.717, 1.165) is 61.1 Å². The van der Waals surface area contributed by atoms with E-state index in [0.29, 0.717) is 30.0 Å². The van der Waals surface area contributed by atoms with E-state index in [4.69, 9.17) is 4.74 Å². The van der Waals surface area contributed by atoms with Crippen molar-refractivity contribution in [2.24, 2.45) is 0 Å². The number of ether oxygens (including phenoxy) is 1. The molecule has 6 rings (SSSR count). The van der Waals surface area contributed by atoms with Crippen molar-refractivity contribution in [2.75, 3.05) is 36.5 Å². The van der Waals surface area contributed by atoms with Crippen molar-refractivity contribution in [1.29, 1.82) is 0 Å². The van der Waals surface area contributed by atoms with Crippen molar-refractivity contribution in [2.45, 2.75) is 31.7 Å². The monoisotopic (exact) mass is 511 g/mol. The van der Waals surface area contributed by atoms with Crippen molar-refractivity contribution in [3.05, 3.63) is 66.4 Å². The van der Waals surface area contributed by atoms with Crippen molar-refractivity contribution < 1.29 is 14.3 Å². The Kier molecular flexibility index (Phi) is 6.70. The van der Waals surface area contributed by atoms with E-state index >= 15 is 0 Å². The standard InChI is InChI=1S/C28H29N7O3/c36-27(31-20-3-1-2-4-20)25-8-6-21(16-30-25)32-28(37)26-23-14-18(5-7-24(23)33-34-26)19-13-22(17-29-15-19)35-9-11-38-12-10-35/h5-8,13-17,20H,1-4,9-12H2,(H,31,36)(H,32,37)(H,33,34). The van der Waals surface area contributed by atoms with Gasteiger partial charge in [0.15, 0.2) is 5.69 Å². The van der Waals surface area contributed by atoms with E-state index in [1.54, 1.807) is 12.1 Å². The number of benzene rings is 1. The van der Waals surface area contributed by atoms with Gasteiger partial charge in [0.05, 0.1) is 42.5 Å². The molecule has 0 bridgehead atoms. The first-order valence-corrected chi connectivity index (χ1v) is 13.0. The molecule has 4 heterocycles. The summed E-state index contributed by atoms with van der Waals surface area (Å²) in [7, 11) is 0. The molecule has 0 spiro atoms. The van der Waals surface area contributed by atoms with Crippen molar-refractivity contribution in [3.63, 3.8) is 0 Å². The number of amides is 2. The number of anilines is 2. The molecule has 1 aliphatic heterocycles. The normalized spacial score (nSPS) is 16.1. The van der Waals surface area contributed by atoms with Gasteiger partial charge in [0.1, 0.15) is 5.69 Å². The first kappa shape index (κ1) is 24.1. The Morgan fingerprint density at radius 1 is 0.947 bits per heavy atom. The van der Waals surface area contributed by atoms with E-state index in [1.165, 1.54) is 6.20 Å². The second-order valence-electron chi connectivity index (χ2n) is 9.70. The summed E-state index contributed by atoms with van der Waals surface area (Å²) in [5.41, 5.74) is 4.80. The minimum absolute atomic E-state index is 0.187. The zero-order valence-corrected chi connectivity index (χ0v) is 20.9. The Balaban J connectivity index is 1.18. The predicted octanol–water partition coefficient (Wildman–Crippen LogP) is 3.78. The van der Waals surface area contributed by atoms with Gasteiger partial charge in [-0.1, -0.05) is 18.9 Å². The zero-order valence-electron chi connectivity index (χ0n) is 20.9. The molecule has 10 nitrogen and oxygen atoms in total. The number of morpholine rings is 1. The molecule has 2 aliphatic rings. The van der Waals surface area contributed by atoms with Crippen LogP contribution >= 0.6 is 0 Å². The minimum Gasteiger partial charge on any atom is -0.378 e. The molecule has 2 fully saturated rings. The highest BCUT2D eigenvalue weighted by atomic mass is 16.5. The number of aromatic amines is 1. The number of nitrogens with zero attached hydrogens (tertiary/aromatic N) is 4.